The number of rotatable bonds is 7. The topological polar surface area (TPSA) is 46.2 Å². The van der Waals surface area contributed by atoms with Crippen LogP contribution in [0.3, 0.4) is 0 Å². The van der Waals surface area contributed by atoms with Gasteiger partial charge in [0, 0.05) is 6.04 Å². The zero-order valence-corrected chi connectivity index (χ0v) is 12.1. The molecule has 1 aliphatic rings. The normalized spacial score (nSPS) is 22.7. The molecule has 0 aromatic heterocycles. The van der Waals surface area contributed by atoms with E-state index in [-0.39, 0.29) is 12.1 Å². The second-order valence-electron chi connectivity index (χ2n) is 6.35. The maximum absolute atomic E-state index is 10.2. The minimum absolute atomic E-state index is 0.0608. The molecule has 0 aliphatic heterocycles. The molecule has 0 aromatic rings. The zero-order chi connectivity index (χ0) is 13.5. The fourth-order valence-corrected chi connectivity index (χ4v) is 3.06. The van der Waals surface area contributed by atoms with E-state index in [0.29, 0.717) is 11.8 Å². The SMILES string of the molecule is C=CC(CC(O)C(N)CC1CCCCC1)C(C)C. The second-order valence-corrected chi connectivity index (χ2v) is 6.35. The molecule has 1 rings (SSSR count). The third kappa shape index (κ3) is 5.11. The van der Waals surface area contributed by atoms with E-state index >= 15 is 0 Å². The average Bonchev–Trinajstić information content (AvgIpc) is 2.36. The lowest BCUT2D eigenvalue weighted by molar-refractivity contribution is 0.100. The van der Waals surface area contributed by atoms with Crippen molar-refractivity contribution in [2.45, 2.75) is 70.9 Å². The van der Waals surface area contributed by atoms with Crippen LogP contribution in [-0.4, -0.2) is 17.3 Å². The van der Waals surface area contributed by atoms with E-state index in [0.717, 1.165) is 18.8 Å². The van der Waals surface area contributed by atoms with Crippen LogP contribution in [0.2, 0.25) is 0 Å². The van der Waals surface area contributed by atoms with Crippen LogP contribution in [0.5, 0.6) is 0 Å². The largest absolute Gasteiger partial charge is 0.391 e. The van der Waals surface area contributed by atoms with Gasteiger partial charge in [0.25, 0.3) is 0 Å². The molecule has 0 spiro atoms. The lowest BCUT2D eigenvalue weighted by Gasteiger charge is -2.29. The standard InChI is InChI=1S/C16H31NO/c1-4-14(12(2)3)11-16(18)15(17)10-13-8-6-5-7-9-13/h4,12-16,18H,1,5-11,17H2,2-3H3. The third-order valence-corrected chi connectivity index (χ3v) is 4.50. The van der Waals surface area contributed by atoms with Gasteiger partial charge in [-0.15, -0.1) is 6.58 Å². The molecule has 0 radical (unpaired) electrons. The minimum Gasteiger partial charge on any atom is -0.391 e. The van der Waals surface area contributed by atoms with Crippen molar-refractivity contribution >= 4 is 0 Å². The Hall–Kier alpha value is -0.340. The Balaban J connectivity index is 2.35. The summed E-state index contributed by atoms with van der Waals surface area (Å²) in [6, 6.07) is -0.0608. The van der Waals surface area contributed by atoms with E-state index < -0.39 is 0 Å². The first-order valence-corrected chi connectivity index (χ1v) is 7.60. The van der Waals surface area contributed by atoms with Crippen molar-refractivity contribution in [3.63, 3.8) is 0 Å². The summed E-state index contributed by atoms with van der Waals surface area (Å²) in [5.74, 6) is 1.64. The van der Waals surface area contributed by atoms with Crippen molar-refractivity contribution < 1.29 is 5.11 Å². The summed E-state index contributed by atoms with van der Waals surface area (Å²) < 4.78 is 0. The number of nitrogens with two attached hydrogens (primary N) is 1. The van der Waals surface area contributed by atoms with Gasteiger partial charge in [0.2, 0.25) is 0 Å². The van der Waals surface area contributed by atoms with Crippen molar-refractivity contribution in [3.8, 4) is 0 Å². The van der Waals surface area contributed by atoms with Crippen LogP contribution < -0.4 is 5.73 Å². The Morgan fingerprint density at radius 3 is 2.39 bits per heavy atom. The lowest BCUT2D eigenvalue weighted by atomic mass is 9.81. The summed E-state index contributed by atoms with van der Waals surface area (Å²) in [7, 11) is 0. The molecule has 2 nitrogen and oxygen atoms in total. The molecule has 18 heavy (non-hydrogen) atoms. The highest BCUT2D eigenvalue weighted by molar-refractivity contribution is 4.87. The summed E-state index contributed by atoms with van der Waals surface area (Å²) in [5.41, 5.74) is 6.17. The summed E-state index contributed by atoms with van der Waals surface area (Å²) in [6.07, 6.45) is 9.99. The van der Waals surface area contributed by atoms with Crippen LogP contribution in [0.1, 0.15) is 58.8 Å². The van der Waals surface area contributed by atoms with Crippen LogP contribution in [0.4, 0.5) is 0 Å². The summed E-state index contributed by atoms with van der Waals surface area (Å²) in [4.78, 5) is 0. The van der Waals surface area contributed by atoms with E-state index in [1.807, 2.05) is 6.08 Å². The molecule has 0 bridgehead atoms. The highest BCUT2D eigenvalue weighted by Crippen LogP contribution is 2.28. The molecule has 1 saturated carbocycles. The lowest BCUT2D eigenvalue weighted by Crippen LogP contribution is -2.38. The molecular formula is C16H31NO. The Labute approximate surface area is 113 Å². The average molecular weight is 253 g/mol. The molecule has 2 heteroatoms. The van der Waals surface area contributed by atoms with E-state index in [1.54, 1.807) is 0 Å². The molecule has 0 aromatic carbocycles. The number of allylic oxidation sites excluding steroid dienone is 1. The number of hydrogen-bond donors (Lipinski definition) is 2. The van der Waals surface area contributed by atoms with E-state index in [9.17, 15) is 5.11 Å². The van der Waals surface area contributed by atoms with E-state index in [4.69, 9.17) is 5.73 Å². The smallest absolute Gasteiger partial charge is 0.0696 e. The molecule has 3 unspecified atom stereocenters. The van der Waals surface area contributed by atoms with Crippen molar-refractivity contribution in [2.75, 3.05) is 0 Å². The predicted molar refractivity (Wildman–Crippen MR) is 78.3 cm³/mol. The van der Waals surface area contributed by atoms with Gasteiger partial charge in [-0.25, -0.2) is 0 Å². The van der Waals surface area contributed by atoms with Crippen molar-refractivity contribution in [2.24, 2.45) is 23.5 Å². The highest BCUT2D eigenvalue weighted by Gasteiger charge is 2.24. The van der Waals surface area contributed by atoms with Crippen LogP contribution in [0.25, 0.3) is 0 Å². The molecule has 0 amide bonds. The quantitative estimate of drug-likeness (QED) is 0.682. The molecule has 1 fully saturated rings. The maximum atomic E-state index is 10.2. The molecule has 1 aliphatic carbocycles. The molecule has 3 N–H and O–H groups in total. The van der Waals surface area contributed by atoms with E-state index in [2.05, 4.69) is 20.4 Å². The number of hydrogen-bond acceptors (Lipinski definition) is 2. The van der Waals surface area contributed by atoms with Gasteiger partial charge in [0.15, 0.2) is 0 Å². The highest BCUT2D eigenvalue weighted by atomic mass is 16.3. The Morgan fingerprint density at radius 2 is 1.89 bits per heavy atom. The van der Waals surface area contributed by atoms with Gasteiger partial charge in [-0.2, -0.15) is 0 Å². The number of aliphatic hydroxyl groups is 1. The first kappa shape index (κ1) is 15.7. The van der Waals surface area contributed by atoms with Gasteiger partial charge in [0.05, 0.1) is 6.10 Å². The molecule has 106 valence electrons. The molecule has 0 saturated heterocycles. The predicted octanol–water partition coefficient (Wildman–Crippen LogP) is 3.49. The maximum Gasteiger partial charge on any atom is 0.0696 e. The van der Waals surface area contributed by atoms with Crippen molar-refractivity contribution in [1.82, 2.24) is 0 Å². The van der Waals surface area contributed by atoms with Crippen molar-refractivity contribution in [3.05, 3.63) is 12.7 Å². The molecule has 3 atom stereocenters. The Bertz CT molecular complexity index is 233. The summed E-state index contributed by atoms with van der Waals surface area (Å²) in [5, 5.41) is 10.2. The Kier molecular flexibility index (Phi) is 6.95. The summed E-state index contributed by atoms with van der Waals surface area (Å²) >= 11 is 0. The third-order valence-electron chi connectivity index (χ3n) is 4.50. The van der Waals surface area contributed by atoms with Gasteiger partial charge >= 0.3 is 0 Å². The monoisotopic (exact) mass is 253 g/mol. The first-order chi connectivity index (χ1) is 8.54. The van der Waals surface area contributed by atoms with Gasteiger partial charge in [-0.1, -0.05) is 52.0 Å². The fourth-order valence-electron chi connectivity index (χ4n) is 3.06. The van der Waals surface area contributed by atoms with Crippen LogP contribution in [0, 0.1) is 17.8 Å². The second kappa shape index (κ2) is 7.96. The Morgan fingerprint density at radius 1 is 1.28 bits per heavy atom. The van der Waals surface area contributed by atoms with Crippen molar-refractivity contribution in [1.29, 1.82) is 0 Å². The van der Waals surface area contributed by atoms with Crippen LogP contribution >= 0.6 is 0 Å². The molecular weight excluding hydrogens is 222 g/mol. The van der Waals surface area contributed by atoms with E-state index in [1.165, 1.54) is 32.1 Å². The first-order valence-electron chi connectivity index (χ1n) is 7.60. The van der Waals surface area contributed by atoms with Gasteiger partial charge in [0.1, 0.15) is 0 Å². The zero-order valence-electron chi connectivity index (χ0n) is 12.1. The van der Waals surface area contributed by atoms with Gasteiger partial charge in [-0.3, -0.25) is 0 Å². The van der Waals surface area contributed by atoms with Gasteiger partial charge < -0.3 is 10.8 Å². The summed E-state index contributed by atoms with van der Waals surface area (Å²) in [6.45, 7) is 8.20. The van der Waals surface area contributed by atoms with Crippen LogP contribution in [-0.2, 0) is 0 Å². The minimum atomic E-state index is -0.377. The molecule has 0 heterocycles. The number of aliphatic hydroxyl groups excluding tert-OH is 1. The van der Waals surface area contributed by atoms with Crippen LogP contribution in [0.15, 0.2) is 12.7 Å². The fraction of sp³-hybridized carbons (Fsp3) is 0.875. The van der Waals surface area contributed by atoms with Gasteiger partial charge in [-0.05, 0) is 30.6 Å².